The molecule has 1 aromatic heterocycles. The standard InChI is InChI=1S/C11H16ClN3/c1-8-6-9(7-14-11(8)12)10-4-2-3-5-15(10)13/h6-7,10H,2-5,13H2,1H3/t10-/m0/s1. The van der Waals surface area contributed by atoms with E-state index in [9.17, 15) is 0 Å². The number of nitrogens with two attached hydrogens (primary N) is 1. The van der Waals surface area contributed by atoms with Crippen LogP contribution in [0.2, 0.25) is 5.15 Å². The van der Waals surface area contributed by atoms with E-state index in [1.807, 2.05) is 18.1 Å². The summed E-state index contributed by atoms with van der Waals surface area (Å²) in [6.45, 7) is 2.94. The number of hydrazine groups is 1. The number of hydrogen-bond acceptors (Lipinski definition) is 3. The Balaban J connectivity index is 2.24. The zero-order valence-corrected chi connectivity index (χ0v) is 9.67. The highest BCUT2D eigenvalue weighted by Gasteiger charge is 2.21. The largest absolute Gasteiger partial charge is 0.268 e. The molecule has 0 saturated carbocycles. The molecule has 1 atom stereocenters. The zero-order chi connectivity index (χ0) is 10.8. The minimum absolute atomic E-state index is 0.308. The minimum Gasteiger partial charge on any atom is -0.268 e. The molecule has 4 heteroatoms. The van der Waals surface area contributed by atoms with Crippen LogP contribution in [0.15, 0.2) is 12.3 Å². The molecular formula is C11H16ClN3. The number of aryl methyl sites for hydroxylation is 1. The molecule has 0 spiro atoms. The van der Waals surface area contributed by atoms with E-state index in [2.05, 4.69) is 11.1 Å². The van der Waals surface area contributed by atoms with Gasteiger partial charge in [0.05, 0.1) is 6.04 Å². The fourth-order valence-electron chi connectivity index (χ4n) is 2.07. The molecule has 1 aliphatic rings. The van der Waals surface area contributed by atoms with Gasteiger partial charge in [-0.2, -0.15) is 0 Å². The first-order valence-electron chi connectivity index (χ1n) is 5.32. The van der Waals surface area contributed by atoms with Gasteiger partial charge in [-0.1, -0.05) is 18.0 Å². The molecule has 0 amide bonds. The molecule has 0 aliphatic carbocycles. The van der Waals surface area contributed by atoms with E-state index in [1.165, 1.54) is 18.4 Å². The van der Waals surface area contributed by atoms with Gasteiger partial charge in [0, 0.05) is 12.7 Å². The maximum absolute atomic E-state index is 5.97. The van der Waals surface area contributed by atoms with Crippen molar-refractivity contribution >= 4 is 11.6 Å². The Hall–Kier alpha value is -0.640. The van der Waals surface area contributed by atoms with Crippen molar-refractivity contribution in [3.8, 4) is 0 Å². The van der Waals surface area contributed by atoms with Crippen molar-refractivity contribution in [1.29, 1.82) is 0 Å². The monoisotopic (exact) mass is 225 g/mol. The SMILES string of the molecule is Cc1cc([C@@H]2CCCCN2N)cnc1Cl. The molecule has 2 N–H and O–H groups in total. The molecular weight excluding hydrogens is 210 g/mol. The lowest BCUT2D eigenvalue weighted by atomic mass is 9.97. The first-order valence-corrected chi connectivity index (χ1v) is 5.69. The van der Waals surface area contributed by atoms with Crippen LogP contribution in [0.1, 0.15) is 36.4 Å². The van der Waals surface area contributed by atoms with Crippen molar-refractivity contribution in [3.05, 3.63) is 28.5 Å². The summed E-state index contributed by atoms with van der Waals surface area (Å²) in [7, 11) is 0. The van der Waals surface area contributed by atoms with E-state index in [4.69, 9.17) is 17.4 Å². The van der Waals surface area contributed by atoms with E-state index in [-0.39, 0.29) is 0 Å². The second-order valence-electron chi connectivity index (χ2n) is 4.13. The third-order valence-electron chi connectivity index (χ3n) is 2.96. The second kappa shape index (κ2) is 4.47. The van der Waals surface area contributed by atoms with Gasteiger partial charge in [-0.25, -0.2) is 9.99 Å². The Morgan fingerprint density at radius 2 is 2.33 bits per heavy atom. The van der Waals surface area contributed by atoms with Crippen LogP contribution in [0.5, 0.6) is 0 Å². The van der Waals surface area contributed by atoms with Crippen molar-refractivity contribution in [2.75, 3.05) is 6.54 Å². The van der Waals surface area contributed by atoms with Gasteiger partial charge in [-0.3, -0.25) is 5.84 Å². The molecule has 1 aliphatic heterocycles. The van der Waals surface area contributed by atoms with Crippen LogP contribution >= 0.6 is 11.6 Å². The van der Waals surface area contributed by atoms with Crippen molar-refractivity contribution in [2.24, 2.45) is 5.84 Å². The van der Waals surface area contributed by atoms with Crippen molar-refractivity contribution < 1.29 is 0 Å². The fourth-order valence-corrected chi connectivity index (χ4v) is 2.18. The first-order chi connectivity index (χ1) is 7.18. The van der Waals surface area contributed by atoms with Crippen LogP contribution in [-0.4, -0.2) is 16.5 Å². The van der Waals surface area contributed by atoms with Gasteiger partial charge in [0.1, 0.15) is 5.15 Å². The first kappa shape index (κ1) is 10.9. The van der Waals surface area contributed by atoms with Gasteiger partial charge >= 0.3 is 0 Å². The Kier molecular flexibility index (Phi) is 3.24. The van der Waals surface area contributed by atoms with E-state index in [0.717, 1.165) is 18.5 Å². The third-order valence-corrected chi connectivity index (χ3v) is 3.36. The van der Waals surface area contributed by atoms with Crippen LogP contribution in [0, 0.1) is 6.92 Å². The van der Waals surface area contributed by atoms with Crippen molar-refractivity contribution in [3.63, 3.8) is 0 Å². The van der Waals surface area contributed by atoms with Gasteiger partial charge in [0.15, 0.2) is 0 Å². The van der Waals surface area contributed by atoms with Crippen LogP contribution in [-0.2, 0) is 0 Å². The van der Waals surface area contributed by atoms with Gasteiger partial charge in [0.25, 0.3) is 0 Å². The Bertz CT molecular complexity index is 354. The topological polar surface area (TPSA) is 42.1 Å². The van der Waals surface area contributed by atoms with E-state index in [0.29, 0.717) is 11.2 Å². The predicted octanol–water partition coefficient (Wildman–Crippen LogP) is 2.44. The molecule has 1 fully saturated rings. The quantitative estimate of drug-likeness (QED) is 0.590. The molecule has 2 rings (SSSR count). The molecule has 82 valence electrons. The molecule has 0 bridgehead atoms. The molecule has 0 unspecified atom stereocenters. The molecule has 1 aromatic rings. The molecule has 2 heterocycles. The van der Waals surface area contributed by atoms with E-state index >= 15 is 0 Å². The van der Waals surface area contributed by atoms with Crippen LogP contribution in [0.25, 0.3) is 0 Å². The number of nitrogens with zero attached hydrogens (tertiary/aromatic N) is 2. The summed E-state index contributed by atoms with van der Waals surface area (Å²) in [5, 5.41) is 2.49. The number of pyridine rings is 1. The summed E-state index contributed by atoms with van der Waals surface area (Å²) in [5.41, 5.74) is 2.20. The number of hydrogen-bond donors (Lipinski definition) is 1. The summed E-state index contributed by atoms with van der Waals surface area (Å²) < 4.78 is 0. The molecule has 3 nitrogen and oxygen atoms in total. The summed E-state index contributed by atoms with van der Waals surface area (Å²) in [6, 6.07) is 2.40. The number of rotatable bonds is 1. The highest BCUT2D eigenvalue weighted by Crippen LogP contribution is 2.29. The van der Waals surface area contributed by atoms with Gasteiger partial charge in [-0.05, 0) is 37.0 Å². The summed E-state index contributed by atoms with van der Waals surface area (Å²) in [6.07, 6.45) is 5.37. The van der Waals surface area contributed by atoms with E-state index < -0.39 is 0 Å². The van der Waals surface area contributed by atoms with E-state index in [1.54, 1.807) is 0 Å². The van der Waals surface area contributed by atoms with Crippen molar-refractivity contribution in [1.82, 2.24) is 9.99 Å². The van der Waals surface area contributed by atoms with Crippen LogP contribution in [0.4, 0.5) is 0 Å². The lowest BCUT2D eigenvalue weighted by Crippen LogP contribution is -2.38. The maximum atomic E-state index is 5.97. The minimum atomic E-state index is 0.308. The smallest absolute Gasteiger partial charge is 0.131 e. The van der Waals surface area contributed by atoms with Crippen LogP contribution in [0.3, 0.4) is 0 Å². The number of halogens is 1. The van der Waals surface area contributed by atoms with Gasteiger partial charge in [0.2, 0.25) is 0 Å². The van der Waals surface area contributed by atoms with Crippen LogP contribution < -0.4 is 5.84 Å². The average Bonchev–Trinajstić information content (AvgIpc) is 2.23. The lowest BCUT2D eigenvalue weighted by molar-refractivity contribution is 0.151. The maximum Gasteiger partial charge on any atom is 0.131 e. The highest BCUT2D eigenvalue weighted by molar-refractivity contribution is 6.30. The normalized spacial score (nSPS) is 23.0. The Morgan fingerprint density at radius 1 is 1.53 bits per heavy atom. The summed E-state index contributed by atoms with van der Waals surface area (Å²) >= 11 is 5.90. The highest BCUT2D eigenvalue weighted by atomic mass is 35.5. The molecule has 0 radical (unpaired) electrons. The average molecular weight is 226 g/mol. The molecule has 1 saturated heterocycles. The zero-order valence-electron chi connectivity index (χ0n) is 8.91. The summed E-state index contributed by atoms with van der Waals surface area (Å²) in [5.74, 6) is 5.97. The fraction of sp³-hybridized carbons (Fsp3) is 0.545. The second-order valence-corrected chi connectivity index (χ2v) is 4.48. The number of aromatic nitrogens is 1. The Labute approximate surface area is 95.2 Å². The third kappa shape index (κ3) is 2.30. The molecule has 0 aromatic carbocycles. The van der Waals surface area contributed by atoms with Gasteiger partial charge in [-0.15, -0.1) is 0 Å². The summed E-state index contributed by atoms with van der Waals surface area (Å²) in [4.78, 5) is 4.17. The Morgan fingerprint density at radius 3 is 3.00 bits per heavy atom. The van der Waals surface area contributed by atoms with Crippen molar-refractivity contribution in [2.45, 2.75) is 32.2 Å². The number of piperidine rings is 1. The van der Waals surface area contributed by atoms with Gasteiger partial charge < -0.3 is 0 Å². The lowest BCUT2D eigenvalue weighted by Gasteiger charge is -2.32. The molecule has 15 heavy (non-hydrogen) atoms. The predicted molar refractivity (Wildman–Crippen MR) is 61.5 cm³/mol.